The summed E-state index contributed by atoms with van der Waals surface area (Å²) in [6.07, 6.45) is 10.5. The van der Waals surface area contributed by atoms with Gasteiger partial charge in [0.1, 0.15) is 0 Å². The molecule has 0 radical (unpaired) electrons. The minimum atomic E-state index is 0.327. The van der Waals surface area contributed by atoms with Crippen LogP contribution in [0.15, 0.2) is 18.3 Å². The molecule has 1 aromatic rings. The van der Waals surface area contributed by atoms with Gasteiger partial charge in [-0.15, -0.1) is 0 Å². The molecule has 1 N–H and O–H groups in total. The zero-order chi connectivity index (χ0) is 13.9. The van der Waals surface area contributed by atoms with Crippen molar-refractivity contribution >= 4 is 5.69 Å². The standard InChI is InChI=1S/C17H27N3/c1-13(18-2)16-10-9-15(12-19-16)20-11-5-8-17(20)14-6-3-4-7-14/h9-10,12-14,17-18H,3-8,11H2,1-2H3. The van der Waals surface area contributed by atoms with Crippen LogP contribution in [0.4, 0.5) is 5.69 Å². The van der Waals surface area contributed by atoms with Crippen LogP contribution < -0.4 is 10.2 Å². The van der Waals surface area contributed by atoms with Gasteiger partial charge in [-0.1, -0.05) is 12.8 Å². The van der Waals surface area contributed by atoms with Crippen LogP contribution in [0.3, 0.4) is 0 Å². The number of hydrogen-bond acceptors (Lipinski definition) is 3. The molecule has 2 fully saturated rings. The van der Waals surface area contributed by atoms with E-state index in [1.165, 1.54) is 50.8 Å². The fourth-order valence-corrected chi connectivity index (χ4v) is 3.92. The van der Waals surface area contributed by atoms with Gasteiger partial charge in [0, 0.05) is 18.6 Å². The van der Waals surface area contributed by atoms with Gasteiger partial charge in [-0.3, -0.25) is 4.98 Å². The summed E-state index contributed by atoms with van der Waals surface area (Å²) >= 11 is 0. The molecule has 2 atom stereocenters. The Morgan fingerprint density at radius 3 is 2.65 bits per heavy atom. The first-order valence-corrected chi connectivity index (χ1v) is 8.19. The van der Waals surface area contributed by atoms with E-state index in [-0.39, 0.29) is 0 Å². The Labute approximate surface area is 122 Å². The molecule has 0 amide bonds. The highest BCUT2D eigenvalue weighted by molar-refractivity contribution is 5.47. The molecule has 2 heterocycles. The molecule has 1 aromatic heterocycles. The third-order valence-electron chi connectivity index (χ3n) is 5.22. The fraction of sp³-hybridized carbons (Fsp3) is 0.706. The molecule has 3 heteroatoms. The lowest BCUT2D eigenvalue weighted by molar-refractivity contribution is 0.430. The molecular weight excluding hydrogens is 246 g/mol. The van der Waals surface area contributed by atoms with E-state index in [1.54, 1.807) is 0 Å². The molecule has 2 aliphatic rings. The monoisotopic (exact) mass is 273 g/mol. The molecule has 0 bridgehead atoms. The first-order valence-electron chi connectivity index (χ1n) is 8.19. The van der Waals surface area contributed by atoms with Crippen LogP contribution in [0, 0.1) is 5.92 Å². The van der Waals surface area contributed by atoms with E-state index in [2.05, 4.69) is 40.5 Å². The van der Waals surface area contributed by atoms with Crippen molar-refractivity contribution in [2.24, 2.45) is 5.92 Å². The molecule has 3 nitrogen and oxygen atoms in total. The molecule has 1 aliphatic heterocycles. The summed E-state index contributed by atoms with van der Waals surface area (Å²) in [5, 5.41) is 3.25. The Morgan fingerprint density at radius 2 is 2.00 bits per heavy atom. The Balaban J connectivity index is 1.74. The van der Waals surface area contributed by atoms with Gasteiger partial charge in [-0.2, -0.15) is 0 Å². The van der Waals surface area contributed by atoms with Crippen molar-refractivity contribution in [2.45, 2.75) is 57.5 Å². The molecule has 1 saturated heterocycles. The number of anilines is 1. The zero-order valence-corrected chi connectivity index (χ0v) is 12.8. The number of pyridine rings is 1. The van der Waals surface area contributed by atoms with Crippen LogP contribution in [0.25, 0.3) is 0 Å². The first-order chi connectivity index (χ1) is 9.79. The van der Waals surface area contributed by atoms with E-state index < -0.39 is 0 Å². The average Bonchev–Trinajstić information content (AvgIpc) is 3.16. The molecule has 2 unspecified atom stereocenters. The minimum Gasteiger partial charge on any atom is -0.367 e. The normalized spacial score (nSPS) is 25.3. The highest BCUT2D eigenvalue weighted by Gasteiger charge is 2.33. The fourth-order valence-electron chi connectivity index (χ4n) is 3.92. The summed E-state index contributed by atoms with van der Waals surface area (Å²) in [4.78, 5) is 7.27. The molecule has 3 rings (SSSR count). The van der Waals surface area contributed by atoms with Crippen LogP contribution in [0.2, 0.25) is 0 Å². The highest BCUT2D eigenvalue weighted by Crippen LogP contribution is 2.37. The van der Waals surface area contributed by atoms with Crippen molar-refractivity contribution in [3.8, 4) is 0 Å². The quantitative estimate of drug-likeness (QED) is 0.909. The number of nitrogens with zero attached hydrogens (tertiary/aromatic N) is 2. The summed E-state index contributed by atoms with van der Waals surface area (Å²) in [5.41, 5.74) is 2.46. The predicted molar refractivity (Wildman–Crippen MR) is 84.0 cm³/mol. The van der Waals surface area contributed by atoms with Gasteiger partial charge < -0.3 is 10.2 Å². The second kappa shape index (κ2) is 6.13. The van der Waals surface area contributed by atoms with Crippen LogP contribution >= 0.6 is 0 Å². The van der Waals surface area contributed by atoms with Gasteiger partial charge in [0.05, 0.1) is 17.6 Å². The third-order valence-corrected chi connectivity index (χ3v) is 5.22. The summed E-state index contributed by atoms with van der Waals surface area (Å²) in [6.45, 7) is 3.36. The second-order valence-corrected chi connectivity index (χ2v) is 6.40. The Morgan fingerprint density at radius 1 is 1.20 bits per heavy atom. The van der Waals surface area contributed by atoms with Gasteiger partial charge in [0.15, 0.2) is 0 Å². The van der Waals surface area contributed by atoms with Crippen molar-refractivity contribution in [3.63, 3.8) is 0 Å². The molecule has 0 aromatic carbocycles. The lowest BCUT2D eigenvalue weighted by Crippen LogP contribution is -2.34. The lowest BCUT2D eigenvalue weighted by atomic mass is 9.96. The van der Waals surface area contributed by atoms with Gasteiger partial charge in [0.25, 0.3) is 0 Å². The van der Waals surface area contributed by atoms with E-state index in [1.807, 2.05) is 7.05 Å². The number of rotatable bonds is 4. The summed E-state index contributed by atoms with van der Waals surface area (Å²) in [7, 11) is 1.98. The van der Waals surface area contributed by atoms with E-state index in [0.29, 0.717) is 6.04 Å². The topological polar surface area (TPSA) is 28.2 Å². The SMILES string of the molecule is CNC(C)c1ccc(N2CCCC2C2CCCC2)cn1. The molecule has 110 valence electrons. The molecule has 1 saturated carbocycles. The van der Waals surface area contributed by atoms with Crippen molar-refractivity contribution in [1.29, 1.82) is 0 Å². The number of hydrogen-bond donors (Lipinski definition) is 1. The van der Waals surface area contributed by atoms with Gasteiger partial charge in [0.2, 0.25) is 0 Å². The number of nitrogens with one attached hydrogen (secondary N) is 1. The van der Waals surface area contributed by atoms with E-state index in [0.717, 1.165) is 17.7 Å². The Kier molecular flexibility index (Phi) is 4.25. The average molecular weight is 273 g/mol. The first kappa shape index (κ1) is 13.9. The Bertz CT molecular complexity index is 422. The van der Waals surface area contributed by atoms with E-state index >= 15 is 0 Å². The largest absolute Gasteiger partial charge is 0.367 e. The van der Waals surface area contributed by atoms with Crippen molar-refractivity contribution < 1.29 is 0 Å². The van der Waals surface area contributed by atoms with E-state index in [4.69, 9.17) is 0 Å². The Hall–Kier alpha value is -1.09. The maximum atomic E-state index is 4.65. The van der Waals surface area contributed by atoms with Gasteiger partial charge >= 0.3 is 0 Å². The van der Waals surface area contributed by atoms with Crippen molar-refractivity contribution in [2.75, 3.05) is 18.5 Å². The van der Waals surface area contributed by atoms with Crippen LogP contribution in [-0.4, -0.2) is 24.6 Å². The molecule has 0 spiro atoms. The van der Waals surface area contributed by atoms with Crippen molar-refractivity contribution in [1.82, 2.24) is 10.3 Å². The maximum absolute atomic E-state index is 4.65. The van der Waals surface area contributed by atoms with Gasteiger partial charge in [-0.25, -0.2) is 0 Å². The van der Waals surface area contributed by atoms with Crippen LogP contribution in [-0.2, 0) is 0 Å². The van der Waals surface area contributed by atoms with Crippen LogP contribution in [0.1, 0.15) is 57.2 Å². The second-order valence-electron chi connectivity index (χ2n) is 6.40. The van der Waals surface area contributed by atoms with Gasteiger partial charge in [-0.05, 0) is 57.7 Å². The molecular formula is C17H27N3. The van der Waals surface area contributed by atoms with Crippen LogP contribution in [0.5, 0.6) is 0 Å². The predicted octanol–water partition coefficient (Wildman–Crippen LogP) is 3.52. The number of aromatic nitrogens is 1. The third kappa shape index (κ3) is 2.69. The zero-order valence-electron chi connectivity index (χ0n) is 12.8. The highest BCUT2D eigenvalue weighted by atomic mass is 15.2. The lowest BCUT2D eigenvalue weighted by Gasteiger charge is -2.31. The van der Waals surface area contributed by atoms with E-state index in [9.17, 15) is 0 Å². The maximum Gasteiger partial charge on any atom is 0.0571 e. The van der Waals surface area contributed by atoms with Crippen molar-refractivity contribution in [3.05, 3.63) is 24.0 Å². The smallest absolute Gasteiger partial charge is 0.0571 e. The summed E-state index contributed by atoms with van der Waals surface area (Å²) in [6, 6.07) is 5.55. The summed E-state index contributed by atoms with van der Waals surface area (Å²) in [5.74, 6) is 0.924. The molecule has 20 heavy (non-hydrogen) atoms. The molecule has 1 aliphatic carbocycles. The minimum absolute atomic E-state index is 0.327. The summed E-state index contributed by atoms with van der Waals surface area (Å²) < 4.78 is 0.